The number of nitrogens with one attached hydrogen (secondary N) is 1. The summed E-state index contributed by atoms with van der Waals surface area (Å²) in [5.74, 6) is 0. The summed E-state index contributed by atoms with van der Waals surface area (Å²) in [7, 11) is 0. The van der Waals surface area contributed by atoms with Gasteiger partial charge in [-0.15, -0.1) is 0 Å². The number of nitrogens with zero attached hydrogens (tertiary/aromatic N) is 1. The predicted octanol–water partition coefficient (Wildman–Crippen LogP) is 1.34. The fourth-order valence-corrected chi connectivity index (χ4v) is 3.09. The summed E-state index contributed by atoms with van der Waals surface area (Å²) >= 11 is 0. The van der Waals surface area contributed by atoms with Crippen LogP contribution < -0.4 is 11.1 Å². The van der Waals surface area contributed by atoms with Gasteiger partial charge in [0.2, 0.25) is 0 Å². The molecule has 4 nitrogen and oxygen atoms in total. The van der Waals surface area contributed by atoms with Gasteiger partial charge in [-0.3, -0.25) is 4.90 Å². The summed E-state index contributed by atoms with van der Waals surface area (Å²) in [6, 6.07) is 10.6. The largest absolute Gasteiger partial charge is 0.396 e. The van der Waals surface area contributed by atoms with Gasteiger partial charge in [-0.05, 0) is 37.8 Å². The van der Waals surface area contributed by atoms with Crippen molar-refractivity contribution in [2.45, 2.75) is 37.8 Å². The Balaban J connectivity index is 1.77. The fraction of sp³-hybridized carbons (Fsp3) is 0.647. The zero-order valence-corrected chi connectivity index (χ0v) is 12.9. The molecule has 1 atom stereocenters. The molecule has 1 aromatic carbocycles. The van der Waals surface area contributed by atoms with Crippen molar-refractivity contribution in [2.24, 2.45) is 5.73 Å². The van der Waals surface area contributed by atoms with Gasteiger partial charge in [0.15, 0.2) is 0 Å². The van der Waals surface area contributed by atoms with Gasteiger partial charge in [-0.2, -0.15) is 0 Å². The molecule has 0 spiro atoms. The van der Waals surface area contributed by atoms with E-state index in [9.17, 15) is 0 Å². The van der Waals surface area contributed by atoms with Crippen LogP contribution in [0.15, 0.2) is 30.3 Å². The molecule has 0 saturated carbocycles. The van der Waals surface area contributed by atoms with Gasteiger partial charge in [-0.25, -0.2) is 0 Å². The second-order valence-corrected chi connectivity index (χ2v) is 6.14. The van der Waals surface area contributed by atoms with Gasteiger partial charge in [0.1, 0.15) is 0 Å². The zero-order valence-electron chi connectivity index (χ0n) is 12.9. The molecule has 2 rings (SSSR count). The van der Waals surface area contributed by atoms with Crippen LogP contribution in [0.4, 0.5) is 0 Å². The molecule has 1 fully saturated rings. The van der Waals surface area contributed by atoms with Crippen LogP contribution in [-0.2, 0) is 6.54 Å². The van der Waals surface area contributed by atoms with Crippen LogP contribution in [0, 0.1) is 0 Å². The summed E-state index contributed by atoms with van der Waals surface area (Å²) in [5, 5.41) is 12.5. The second-order valence-electron chi connectivity index (χ2n) is 6.14. The Labute approximate surface area is 128 Å². The predicted molar refractivity (Wildman–Crippen MR) is 87.1 cm³/mol. The summed E-state index contributed by atoms with van der Waals surface area (Å²) in [5.41, 5.74) is 7.48. The number of aliphatic hydroxyl groups excluding tert-OH is 1. The molecular weight excluding hydrogens is 262 g/mol. The summed E-state index contributed by atoms with van der Waals surface area (Å²) < 4.78 is 0. The van der Waals surface area contributed by atoms with E-state index in [1.807, 2.05) is 0 Å². The van der Waals surface area contributed by atoms with Crippen LogP contribution in [0.1, 0.15) is 31.2 Å². The van der Waals surface area contributed by atoms with Gasteiger partial charge < -0.3 is 16.2 Å². The first kappa shape index (κ1) is 16.4. The van der Waals surface area contributed by atoms with Gasteiger partial charge in [0.05, 0.1) is 0 Å². The van der Waals surface area contributed by atoms with E-state index in [0.717, 1.165) is 51.9 Å². The third-order valence-electron chi connectivity index (χ3n) is 4.41. The molecule has 0 bridgehead atoms. The van der Waals surface area contributed by atoms with E-state index in [0.29, 0.717) is 13.2 Å². The molecule has 118 valence electrons. The SMILES string of the molecule is NCC1(NCCCCCO)CCN(Cc2ccccc2)C1. The second kappa shape index (κ2) is 8.49. The number of hydrogen-bond donors (Lipinski definition) is 3. The van der Waals surface area contributed by atoms with Crippen molar-refractivity contribution in [3.63, 3.8) is 0 Å². The lowest BCUT2D eigenvalue weighted by Gasteiger charge is -2.29. The van der Waals surface area contributed by atoms with E-state index in [-0.39, 0.29) is 5.54 Å². The lowest BCUT2D eigenvalue weighted by Crippen LogP contribution is -2.53. The minimum Gasteiger partial charge on any atom is -0.396 e. The monoisotopic (exact) mass is 291 g/mol. The zero-order chi connectivity index (χ0) is 15.0. The third kappa shape index (κ3) is 5.08. The molecule has 0 aromatic heterocycles. The maximum atomic E-state index is 8.80. The van der Waals surface area contributed by atoms with Gasteiger partial charge >= 0.3 is 0 Å². The van der Waals surface area contributed by atoms with E-state index >= 15 is 0 Å². The average Bonchev–Trinajstić information content (AvgIpc) is 2.92. The maximum Gasteiger partial charge on any atom is 0.0444 e. The summed E-state index contributed by atoms with van der Waals surface area (Å²) in [6.45, 7) is 5.13. The number of nitrogens with two attached hydrogens (primary N) is 1. The van der Waals surface area contributed by atoms with E-state index in [1.165, 1.54) is 5.56 Å². The topological polar surface area (TPSA) is 61.5 Å². The number of unbranched alkanes of at least 4 members (excludes halogenated alkanes) is 2. The number of rotatable bonds is 9. The Morgan fingerprint density at radius 2 is 2.00 bits per heavy atom. The molecular formula is C17H29N3O. The van der Waals surface area contributed by atoms with Crippen molar-refractivity contribution in [3.8, 4) is 0 Å². The van der Waals surface area contributed by atoms with Crippen LogP contribution in [0.3, 0.4) is 0 Å². The number of hydrogen-bond acceptors (Lipinski definition) is 4. The molecule has 1 aliphatic rings. The van der Waals surface area contributed by atoms with Crippen LogP contribution in [0.2, 0.25) is 0 Å². The quantitative estimate of drug-likeness (QED) is 0.601. The molecule has 1 aromatic rings. The minimum absolute atomic E-state index is 0.0774. The van der Waals surface area contributed by atoms with Crippen molar-refractivity contribution in [2.75, 3.05) is 32.8 Å². The Kier molecular flexibility index (Phi) is 6.64. The first-order valence-electron chi connectivity index (χ1n) is 8.10. The molecule has 0 amide bonds. The Morgan fingerprint density at radius 1 is 1.19 bits per heavy atom. The van der Waals surface area contributed by atoms with Gasteiger partial charge in [0, 0.05) is 38.3 Å². The summed E-state index contributed by atoms with van der Waals surface area (Å²) in [6.07, 6.45) is 4.21. The standard InChI is InChI=1S/C17H29N3O/c18-14-17(19-10-5-2-6-12-21)9-11-20(15-17)13-16-7-3-1-4-8-16/h1,3-4,7-8,19,21H,2,5-6,9-15,18H2. The van der Waals surface area contributed by atoms with E-state index in [4.69, 9.17) is 10.8 Å². The molecule has 1 aliphatic heterocycles. The summed E-state index contributed by atoms with van der Waals surface area (Å²) in [4.78, 5) is 2.49. The Morgan fingerprint density at radius 3 is 2.71 bits per heavy atom. The Bertz CT molecular complexity index is 398. The van der Waals surface area contributed by atoms with Crippen molar-refractivity contribution in [3.05, 3.63) is 35.9 Å². The molecule has 0 aliphatic carbocycles. The lowest BCUT2D eigenvalue weighted by atomic mass is 9.98. The highest BCUT2D eigenvalue weighted by atomic mass is 16.2. The number of aliphatic hydroxyl groups is 1. The maximum absolute atomic E-state index is 8.80. The fourth-order valence-electron chi connectivity index (χ4n) is 3.09. The van der Waals surface area contributed by atoms with Crippen molar-refractivity contribution in [1.29, 1.82) is 0 Å². The molecule has 4 heteroatoms. The normalized spacial score (nSPS) is 22.8. The van der Waals surface area contributed by atoms with Crippen LogP contribution in [0.25, 0.3) is 0 Å². The van der Waals surface area contributed by atoms with Gasteiger partial charge in [-0.1, -0.05) is 30.3 Å². The van der Waals surface area contributed by atoms with Gasteiger partial charge in [0.25, 0.3) is 0 Å². The highest BCUT2D eigenvalue weighted by molar-refractivity contribution is 5.15. The highest BCUT2D eigenvalue weighted by Crippen LogP contribution is 2.22. The van der Waals surface area contributed by atoms with E-state index in [2.05, 4.69) is 40.5 Å². The lowest BCUT2D eigenvalue weighted by molar-refractivity contribution is 0.269. The van der Waals surface area contributed by atoms with Crippen LogP contribution >= 0.6 is 0 Å². The van der Waals surface area contributed by atoms with E-state index < -0.39 is 0 Å². The molecule has 21 heavy (non-hydrogen) atoms. The smallest absolute Gasteiger partial charge is 0.0444 e. The molecule has 1 heterocycles. The highest BCUT2D eigenvalue weighted by Gasteiger charge is 2.36. The minimum atomic E-state index is 0.0774. The van der Waals surface area contributed by atoms with Crippen molar-refractivity contribution < 1.29 is 5.11 Å². The van der Waals surface area contributed by atoms with E-state index in [1.54, 1.807) is 0 Å². The number of likely N-dealkylation sites (tertiary alicyclic amines) is 1. The first-order valence-corrected chi connectivity index (χ1v) is 8.10. The molecule has 1 unspecified atom stereocenters. The third-order valence-corrected chi connectivity index (χ3v) is 4.41. The van der Waals surface area contributed by atoms with Crippen LogP contribution in [-0.4, -0.2) is 48.3 Å². The van der Waals surface area contributed by atoms with Crippen LogP contribution in [0.5, 0.6) is 0 Å². The molecule has 4 N–H and O–H groups in total. The van der Waals surface area contributed by atoms with Crippen molar-refractivity contribution >= 4 is 0 Å². The molecule has 0 radical (unpaired) electrons. The number of benzene rings is 1. The average molecular weight is 291 g/mol. The Hall–Kier alpha value is -0.940. The van der Waals surface area contributed by atoms with Crippen molar-refractivity contribution in [1.82, 2.24) is 10.2 Å². The molecule has 1 saturated heterocycles. The first-order chi connectivity index (χ1) is 10.3.